The Balaban J connectivity index is 2.62. The fraction of sp³-hybridized carbons (Fsp3) is 0.455. The SMILES string of the molecule is Cn1c2c(cc(CC#N)c1=O)CCC2. The summed E-state index contributed by atoms with van der Waals surface area (Å²) in [5.41, 5.74) is 3.02. The molecular formula is C11H12N2O. The molecule has 72 valence electrons. The van der Waals surface area contributed by atoms with Crippen LogP contribution in [0.2, 0.25) is 0 Å². The Kier molecular flexibility index (Phi) is 2.12. The standard InChI is InChI=1S/C11H12N2O/c1-13-10-4-2-3-8(10)7-9(5-6-12)11(13)14/h7H,2-5H2,1H3. The molecule has 3 heteroatoms. The number of hydrogen-bond donors (Lipinski definition) is 0. The van der Waals surface area contributed by atoms with E-state index in [-0.39, 0.29) is 12.0 Å². The van der Waals surface area contributed by atoms with Gasteiger partial charge in [0, 0.05) is 18.3 Å². The summed E-state index contributed by atoms with van der Waals surface area (Å²) in [6.07, 6.45) is 3.38. The maximum absolute atomic E-state index is 11.7. The van der Waals surface area contributed by atoms with Crippen molar-refractivity contribution in [3.8, 4) is 6.07 Å². The Morgan fingerprint density at radius 2 is 2.36 bits per heavy atom. The summed E-state index contributed by atoms with van der Waals surface area (Å²) in [6.45, 7) is 0. The zero-order chi connectivity index (χ0) is 10.1. The number of nitriles is 1. The molecular weight excluding hydrogens is 176 g/mol. The Morgan fingerprint density at radius 1 is 1.57 bits per heavy atom. The molecule has 0 spiro atoms. The zero-order valence-electron chi connectivity index (χ0n) is 8.21. The molecule has 1 heterocycles. The van der Waals surface area contributed by atoms with Crippen molar-refractivity contribution in [1.82, 2.24) is 4.57 Å². The van der Waals surface area contributed by atoms with Crippen LogP contribution in [0.3, 0.4) is 0 Å². The number of fused-ring (bicyclic) bond motifs is 1. The largest absolute Gasteiger partial charge is 0.315 e. The van der Waals surface area contributed by atoms with Gasteiger partial charge in [-0.15, -0.1) is 0 Å². The van der Waals surface area contributed by atoms with Crippen molar-refractivity contribution in [2.75, 3.05) is 0 Å². The van der Waals surface area contributed by atoms with Gasteiger partial charge in [0.1, 0.15) is 0 Å². The predicted octanol–water partition coefficient (Wildman–Crippen LogP) is 0.940. The van der Waals surface area contributed by atoms with Crippen LogP contribution in [0, 0.1) is 11.3 Å². The maximum Gasteiger partial charge on any atom is 0.254 e. The molecule has 0 N–H and O–H groups in total. The highest BCUT2D eigenvalue weighted by Gasteiger charge is 2.16. The summed E-state index contributed by atoms with van der Waals surface area (Å²) >= 11 is 0. The number of nitrogens with zero attached hydrogens (tertiary/aromatic N) is 2. The van der Waals surface area contributed by atoms with Crippen molar-refractivity contribution in [1.29, 1.82) is 5.26 Å². The van der Waals surface area contributed by atoms with E-state index in [1.54, 1.807) is 11.6 Å². The lowest BCUT2D eigenvalue weighted by Gasteiger charge is -2.08. The van der Waals surface area contributed by atoms with Gasteiger partial charge in [-0.05, 0) is 30.9 Å². The summed E-state index contributed by atoms with van der Waals surface area (Å²) in [4.78, 5) is 11.7. The average molecular weight is 188 g/mol. The molecule has 0 unspecified atom stereocenters. The first kappa shape index (κ1) is 9.01. The highest BCUT2D eigenvalue weighted by atomic mass is 16.1. The molecule has 0 amide bonds. The second-order valence-electron chi connectivity index (χ2n) is 3.69. The highest BCUT2D eigenvalue weighted by molar-refractivity contribution is 5.31. The van der Waals surface area contributed by atoms with Gasteiger partial charge in [-0.2, -0.15) is 5.26 Å². The minimum absolute atomic E-state index is 0.00722. The van der Waals surface area contributed by atoms with Crippen LogP contribution >= 0.6 is 0 Å². The molecule has 1 aliphatic rings. The molecule has 2 rings (SSSR count). The van der Waals surface area contributed by atoms with E-state index in [0.29, 0.717) is 5.56 Å². The smallest absolute Gasteiger partial charge is 0.254 e. The van der Waals surface area contributed by atoms with Crippen molar-refractivity contribution in [2.45, 2.75) is 25.7 Å². The normalized spacial score (nSPS) is 13.7. The van der Waals surface area contributed by atoms with Crippen LogP contribution in [0.25, 0.3) is 0 Å². The fourth-order valence-corrected chi connectivity index (χ4v) is 2.11. The lowest BCUT2D eigenvalue weighted by Crippen LogP contribution is -2.24. The molecule has 0 aliphatic heterocycles. The molecule has 0 aromatic carbocycles. The summed E-state index contributed by atoms with van der Waals surface area (Å²) in [5, 5.41) is 8.59. The van der Waals surface area contributed by atoms with Crippen molar-refractivity contribution in [3.63, 3.8) is 0 Å². The van der Waals surface area contributed by atoms with Gasteiger partial charge >= 0.3 is 0 Å². The third-order valence-corrected chi connectivity index (χ3v) is 2.83. The number of rotatable bonds is 1. The maximum atomic E-state index is 11.7. The molecule has 3 nitrogen and oxygen atoms in total. The first-order valence-electron chi connectivity index (χ1n) is 4.81. The molecule has 0 atom stereocenters. The van der Waals surface area contributed by atoms with Gasteiger partial charge in [0.05, 0.1) is 12.5 Å². The van der Waals surface area contributed by atoms with E-state index in [9.17, 15) is 4.79 Å². The summed E-state index contributed by atoms with van der Waals surface area (Å²) in [6, 6.07) is 3.94. The molecule has 0 radical (unpaired) electrons. The third kappa shape index (κ3) is 1.24. The van der Waals surface area contributed by atoms with Crippen LogP contribution < -0.4 is 5.56 Å². The van der Waals surface area contributed by atoms with Crippen LogP contribution in [-0.4, -0.2) is 4.57 Å². The Hall–Kier alpha value is -1.56. The van der Waals surface area contributed by atoms with E-state index in [2.05, 4.69) is 0 Å². The molecule has 0 bridgehead atoms. The van der Waals surface area contributed by atoms with E-state index in [0.717, 1.165) is 25.0 Å². The van der Waals surface area contributed by atoms with Gasteiger partial charge in [-0.1, -0.05) is 0 Å². The number of pyridine rings is 1. The quantitative estimate of drug-likeness (QED) is 0.658. The summed E-state index contributed by atoms with van der Waals surface area (Å²) < 4.78 is 1.70. The van der Waals surface area contributed by atoms with Crippen LogP contribution in [0.4, 0.5) is 0 Å². The molecule has 0 saturated carbocycles. The summed E-state index contributed by atoms with van der Waals surface area (Å²) in [5.74, 6) is 0. The summed E-state index contributed by atoms with van der Waals surface area (Å²) in [7, 11) is 1.80. The molecule has 1 aromatic rings. The Morgan fingerprint density at radius 3 is 3.07 bits per heavy atom. The number of hydrogen-bond acceptors (Lipinski definition) is 2. The Bertz CT molecular complexity index is 465. The molecule has 0 fully saturated rings. The fourth-order valence-electron chi connectivity index (χ4n) is 2.11. The first-order chi connectivity index (χ1) is 6.74. The lowest BCUT2D eigenvalue weighted by molar-refractivity contribution is 0.769. The highest BCUT2D eigenvalue weighted by Crippen LogP contribution is 2.20. The minimum atomic E-state index is -0.00722. The van der Waals surface area contributed by atoms with Crippen molar-refractivity contribution in [3.05, 3.63) is 33.2 Å². The van der Waals surface area contributed by atoms with Crippen LogP contribution in [0.1, 0.15) is 23.2 Å². The second kappa shape index (κ2) is 3.30. The third-order valence-electron chi connectivity index (χ3n) is 2.83. The van der Waals surface area contributed by atoms with Gasteiger partial charge in [0.2, 0.25) is 0 Å². The Labute approximate surface area is 82.6 Å². The van der Waals surface area contributed by atoms with E-state index >= 15 is 0 Å². The van der Waals surface area contributed by atoms with Crippen molar-refractivity contribution in [2.24, 2.45) is 7.05 Å². The monoisotopic (exact) mass is 188 g/mol. The average Bonchev–Trinajstić information content (AvgIpc) is 2.62. The number of aryl methyl sites for hydroxylation is 1. The van der Waals surface area contributed by atoms with Gasteiger partial charge in [0.15, 0.2) is 0 Å². The molecule has 0 saturated heterocycles. The van der Waals surface area contributed by atoms with Crippen LogP contribution in [-0.2, 0) is 26.3 Å². The van der Waals surface area contributed by atoms with Gasteiger partial charge in [-0.3, -0.25) is 4.79 Å². The predicted molar refractivity (Wildman–Crippen MR) is 53.0 cm³/mol. The minimum Gasteiger partial charge on any atom is -0.315 e. The van der Waals surface area contributed by atoms with Crippen molar-refractivity contribution >= 4 is 0 Å². The van der Waals surface area contributed by atoms with Gasteiger partial charge in [-0.25, -0.2) is 0 Å². The van der Waals surface area contributed by atoms with E-state index in [1.807, 2.05) is 12.1 Å². The van der Waals surface area contributed by atoms with E-state index in [4.69, 9.17) is 5.26 Å². The first-order valence-corrected chi connectivity index (χ1v) is 4.81. The second-order valence-corrected chi connectivity index (χ2v) is 3.69. The lowest BCUT2D eigenvalue weighted by atomic mass is 10.1. The molecule has 1 aromatic heterocycles. The van der Waals surface area contributed by atoms with E-state index in [1.165, 1.54) is 5.56 Å². The van der Waals surface area contributed by atoms with Gasteiger partial charge in [0.25, 0.3) is 5.56 Å². The molecule has 1 aliphatic carbocycles. The van der Waals surface area contributed by atoms with Crippen LogP contribution in [0.15, 0.2) is 10.9 Å². The van der Waals surface area contributed by atoms with Gasteiger partial charge < -0.3 is 4.57 Å². The van der Waals surface area contributed by atoms with Crippen molar-refractivity contribution < 1.29 is 0 Å². The van der Waals surface area contributed by atoms with E-state index < -0.39 is 0 Å². The van der Waals surface area contributed by atoms with Crippen LogP contribution in [0.5, 0.6) is 0 Å². The topological polar surface area (TPSA) is 45.8 Å². The number of aromatic nitrogens is 1. The molecule has 14 heavy (non-hydrogen) atoms. The zero-order valence-corrected chi connectivity index (χ0v) is 8.21.